The van der Waals surface area contributed by atoms with Gasteiger partial charge in [0.05, 0.1) is 16.1 Å². The van der Waals surface area contributed by atoms with Crippen molar-refractivity contribution in [1.29, 1.82) is 0 Å². The number of hydrogen-bond donors (Lipinski definition) is 0. The number of Topliss-reactive ketones (excluding diaryl/α,β-unsaturated/α-hetero) is 1. The number of esters is 1. The molecule has 3 aromatic carbocycles. The Balaban J connectivity index is 1.64. The second kappa shape index (κ2) is 8.10. The fourth-order valence-corrected chi connectivity index (χ4v) is 3.98. The first-order valence-electron chi connectivity index (χ1n) is 9.31. The number of carbonyl (C=O) groups is 4. The van der Waals surface area contributed by atoms with Gasteiger partial charge in [-0.3, -0.25) is 14.4 Å². The molecule has 0 fully saturated rings. The van der Waals surface area contributed by atoms with Crippen molar-refractivity contribution in [3.8, 4) is 0 Å². The number of ether oxygens (including phenoxy) is 1. The topological polar surface area (TPSA) is 77.5 Å². The number of hydrogen-bond acceptors (Lipinski definition) is 5. The Labute approximate surface area is 187 Å². The van der Waals surface area contributed by atoms with Gasteiger partial charge in [-0.25, -0.2) is 4.79 Å². The smallest absolute Gasteiger partial charge is 0.340 e. The van der Waals surface area contributed by atoms with Crippen LogP contribution in [0.2, 0.25) is 10.0 Å². The summed E-state index contributed by atoms with van der Waals surface area (Å²) in [5, 5.41) is 0.198. The van der Waals surface area contributed by atoms with E-state index in [1.165, 1.54) is 31.2 Å². The summed E-state index contributed by atoms with van der Waals surface area (Å²) in [7, 11) is 0. The molecule has 0 amide bonds. The SMILES string of the molecule is CC(OC(=O)c1ccc2c(c1Cl)C(=O)c1ccccc1C2=O)C(=O)c1cccc(Cl)c1. The summed E-state index contributed by atoms with van der Waals surface area (Å²) in [5.74, 6) is -2.12. The van der Waals surface area contributed by atoms with Crippen LogP contribution in [0, 0.1) is 0 Å². The molecule has 7 heteroatoms. The highest BCUT2D eigenvalue weighted by molar-refractivity contribution is 6.41. The van der Waals surface area contributed by atoms with Gasteiger partial charge >= 0.3 is 5.97 Å². The lowest BCUT2D eigenvalue weighted by molar-refractivity contribution is 0.0319. The molecular weight excluding hydrogens is 439 g/mol. The Morgan fingerprint density at radius 3 is 2.19 bits per heavy atom. The average Bonchev–Trinajstić information content (AvgIpc) is 2.76. The second-order valence-electron chi connectivity index (χ2n) is 6.98. The van der Waals surface area contributed by atoms with E-state index in [-0.39, 0.29) is 38.6 Å². The van der Waals surface area contributed by atoms with E-state index in [2.05, 4.69) is 0 Å². The highest BCUT2D eigenvalue weighted by Gasteiger charge is 2.33. The van der Waals surface area contributed by atoms with Gasteiger partial charge < -0.3 is 4.74 Å². The molecule has 3 aromatic rings. The first kappa shape index (κ1) is 21.0. The minimum absolute atomic E-state index is 0.0476. The maximum absolute atomic E-state index is 12.9. The molecule has 0 bridgehead atoms. The van der Waals surface area contributed by atoms with Crippen molar-refractivity contribution < 1.29 is 23.9 Å². The molecule has 1 aliphatic rings. The zero-order chi connectivity index (χ0) is 22.3. The van der Waals surface area contributed by atoms with Gasteiger partial charge in [-0.2, -0.15) is 0 Å². The van der Waals surface area contributed by atoms with Crippen LogP contribution >= 0.6 is 23.2 Å². The summed E-state index contributed by atoms with van der Waals surface area (Å²) in [6.07, 6.45) is -1.11. The molecule has 0 N–H and O–H groups in total. The van der Waals surface area contributed by atoms with E-state index in [1.807, 2.05) is 0 Å². The van der Waals surface area contributed by atoms with E-state index in [9.17, 15) is 19.2 Å². The van der Waals surface area contributed by atoms with Gasteiger partial charge in [-0.15, -0.1) is 0 Å². The Morgan fingerprint density at radius 2 is 1.52 bits per heavy atom. The molecule has 0 radical (unpaired) electrons. The normalized spacial score (nSPS) is 13.3. The minimum Gasteiger partial charge on any atom is -0.451 e. The van der Waals surface area contributed by atoms with Crippen molar-refractivity contribution in [1.82, 2.24) is 0 Å². The standard InChI is InChI=1S/C24H14Cl2O5/c1-12(21(27)13-5-4-6-14(25)11-13)31-24(30)18-10-9-17-19(20(18)26)23(29)16-8-3-2-7-15(16)22(17)28/h2-12H,1H3. The molecule has 4 rings (SSSR count). The van der Waals surface area contributed by atoms with Gasteiger partial charge in [0.15, 0.2) is 17.7 Å². The molecule has 1 unspecified atom stereocenters. The second-order valence-corrected chi connectivity index (χ2v) is 7.79. The average molecular weight is 453 g/mol. The Hall–Kier alpha value is -3.28. The number of halogens is 2. The first-order chi connectivity index (χ1) is 14.8. The lowest BCUT2D eigenvalue weighted by Crippen LogP contribution is -2.26. The van der Waals surface area contributed by atoms with Gasteiger partial charge in [0, 0.05) is 27.3 Å². The molecule has 1 aliphatic carbocycles. The molecule has 31 heavy (non-hydrogen) atoms. The van der Waals surface area contributed by atoms with Gasteiger partial charge in [-0.05, 0) is 31.2 Å². The summed E-state index contributed by atoms with van der Waals surface area (Å²) < 4.78 is 5.28. The molecule has 0 heterocycles. The summed E-state index contributed by atoms with van der Waals surface area (Å²) in [4.78, 5) is 51.0. The van der Waals surface area contributed by atoms with E-state index in [0.717, 1.165) is 0 Å². The highest BCUT2D eigenvalue weighted by Crippen LogP contribution is 2.34. The molecular formula is C24H14Cl2O5. The van der Waals surface area contributed by atoms with Crippen LogP contribution in [0.5, 0.6) is 0 Å². The van der Waals surface area contributed by atoms with Crippen LogP contribution in [-0.4, -0.2) is 29.4 Å². The molecule has 1 atom stereocenters. The molecule has 5 nitrogen and oxygen atoms in total. The fourth-order valence-electron chi connectivity index (χ4n) is 3.46. The zero-order valence-electron chi connectivity index (χ0n) is 16.1. The highest BCUT2D eigenvalue weighted by atomic mass is 35.5. The first-order valence-corrected chi connectivity index (χ1v) is 10.1. The van der Waals surface area contributed by atoms with Crippen molar-refractivity contribution in [2.45, 2.75) is 13.0 Å². The molecule has 0 aromatic heterocycles. The number of benzene rings is 3. The van der Waals surface area contributed by atoms with Crippen LogP contribution in [0.1, 0.15) is 59.5 Å². The summed E-state index contributed by atoms with van der Waals surface area (Å²) in [5.41, 5.74) is 0.763. The van der Waals surface area contributed by atoms with E-state index < -0.39 is 23.6 Å². The number of carbonyl (C=O) groups excluding carboxylic acids is 4. The van der Waals surface area contributed by atoms with Gasteiger partial charge in [0.2, 0.25) is 5.78 Å². The van der Waals surface area contributed by atoms with E-state index >= 15 is 0 Å². The third-order valence-electron chi connectivity index (χ3n) is 5.01. The Bertz CT molecular complexity index is 1280. The van der Waals surface area contributed by atoms with Crippen LogP contribution in [0.25, 0.3) is 0 Å². The quantitative estimate of drug-likeness (QED) is 0.314. The monoisotopic (exact) mass is 452 g/mol. The van der Waals surface area contributed by atoms with Crippen LogP contribution in [-0.2, 0) is 4.74 Å². The van der Waals surface area contributed by atoms with Gasteiger partial charge in [0.1, 0.15) is 0 Å². The zero-order valence-corrected chi connectivity index (χ0v) is 17.7. The third kappa shape index (κ3) is 3.67. The van der Waals surface area contributed by atoms with E-state index in [4.69, 9.17) is 27.9 Å². The maximum atomic E-state index is 12.9. The number of ketones is 3. The molecule has 0 saturated heterocycles. The molecule has 0 saturated carbocycles. The maximum Gasteiger partial charge on any atom is 0.340 e. The van der Waals surface area contributed by atoms with E-state index in [0.29, 0.717) is 10.6 Å². The van der Waals surface area contributed by atoms with Crippen molar-refractivity contribution in [2.75, 3.05) is 0 Å². The lowest BCUT2D eigenvalue weighted by atomic mass is 9.83. The van der Waals surface area contributed by atoms with Gasteiger partial charge in [-0.1, -0.05) is 59.6 Å². The predicted molar refractivity (Wildman–Crippen MR) is 115 cm³/mol. The van der Waals surface area contributed by atoms with Crippen molar-refractivity contribution >= 4 is 46.5 Å². The summed E-state index contributed by atoms with van der Waals surface area (Å²) in [6.45, 7) is 1.43. The largest absolute Gasteiger partial charge is 0.451 e. The van der Waals surface area contributed by atoms with Crippen LogP contribution < -0.4 is 0 Å². The van der Waals surface area contributed by atoms with Gasteiger partial charge in [0.25, 0.3) is 0 Å². The van der Waals surface area contributed by atoms with Crippen molar-refractivity contribution in [2.24, 2.45) is 0 Å². The molecule has 0 aliphatic heterocycles. The van der Waals surface area contributed by atoms with Crippen LogP contribution in [0.15, 0.2) is 60.7 Å². The predicted octanol–water partition coefficient (Wildman–Crippen LogP) is 5.20. The fraction of sp³-hybridized carbons (Fsp3) is 0.0833. The van der Waals surface area contributed by atoms with Crippen LogP contribution in [0.4, 0.5) is 0 Å². The lowest BCUT2D eigenvalue weighted by Gasteiger charge is -2.20. The van der Waals surface area contributed by atoms with Crippen molar-refractivity contribution in [3.05, 3.63) is 104 Å². The van der Waals surface area contributed by atoms with Crippen molar-refractivity contribution in [3.63, 3.8) is 0 Å². The minimum atomic E-state index is -1.11. The Kier molecular flexibility index (Phi) is 5.48. The van der Waals surface area contributed by atoms with E-state index in [1.54, 1.807) is 36.4 Å². The molecule has 154 valence electrons. The Morgan fingerprint density at radius 1 is 0.839 bits per heavy atom. The number of rotatable bonds is 4. The summed E-state index contributed by atoms with van der Waals surface area (Å²) >= 11 is 12.3. The summed E-state index contributed by atoms with van der Waals surface area (Å²) in [6, 6.07) is 15.4. The third-order valence-corrected chi connectivity index (χ3v) is 5.64. The number of fused-ring (bicyclic) bond motifs is 2. The molecule has 0 spiro atoms. The van der Waals surface area contributed by atoms with Crippen LogP contribution in [0.3, 0.4) is 0 Å².